The van der Waals surface area contributed by atoms with Crippen molar-refractivity contribution in [3.63, 3.8) is 0 Å². The predicted molar refractivity (Wildman–Crippen MR) is 72.1 cm³/mol. The van der Waals surface area contributed by atoms with Gasteiger partial charge < -0.3 is 15.4 Å². The zero-order chi connectivity index (χ0) is 13.8. The van der Waals surface area contributed by atoms with Crippen LogP contribution in [0.5, 0.6) is 0 Å². The molecule has 1 saturated heterocycles. The molecule has 2 heterocycles. The quantitative estimate of drug-likeness (QED) is 0.816. The van der Waals surface area contributed by atoms with Crippen molar-refractivity contribution in [1.82, 2.24) is 9.97 Å². The molecular weight excluding hydrogens is 244 g/mol. The Bertz CT molecular complexity index is 456. The summed E-state index contributed by atoms with van der Waals surface area (Å²) in [7, 11) is 0. The molecule has 0 atom stereocenters. The van der Waals surface area contributed by atoms with Crippen molar-refractivity contribution >= 4 is 11.9 Å². The highest BCUT2D eigenvalue weighted by Crippen LogP contribution is 2.17. The van der Waals surface area contributed by atoms with Crippen LogP contribution < -0.4 is 10.6 Å². The van der Waals surface area contributed by atoms with Crippen molar-refractivity contribution in [2.24, 2.45) is 5.73 Å². The average Bonchev–Trinajstić information content (AvgIpc) is 2.39. The van der Waals surface area contributed by atoms with Gasteiger partial charge in [0.1, 0.15) is 0 Å². The molecule has 0 aliphatic carbocycles. The van der Waals surface area contributed by atoms with Gasteiger partial charge in [0.15, 0.2) is 0 Å². The molecule has 0 unspecified atom stereocenters. The highest BCUT2D eigenvalue weighted by molar-refractivity contribution is 5.90. The third-order valence-electron chi connectivity index (χ3n) is 3.28. The van der Waals surface area contributed by atoms with E-state index in [2.05, 4.69) is 14.9 Å². The lowest BCUT2D eigenvalue weighted by Crippen LogP contribution is -2.40. The molecule has 6 nitrogen and oxygen atoms in total. The van der Waals surface area contributed by atoms with Gasteiger partial charge in [0, 0.05) is 25.3 Å². The molecule has 2 N–H and O–H groups in total. The summed E-state index contributed by atoms with van der Waals surface area (Å²) in [5.41, 5.74) is 6.95. The second kappa shape index (κ2) is 5.97. The van der Waals surface area contributed by atoms with Crippen molar-refractivity contribution in [2.75, 3.05) is 24.6 Å². The van der Waals surface area contributed by atoms with Crippen LogP contribution in [0.3, 0.4) is 0 Å². The molecule has 6 heteroatoms. The lowest BCUT2D eigenvalue weighted by atomic mass is 10.1. The maximum absolute atomic E-state index is 11.7. The maximum Gasteiger partial charge on any atom is 0.341 e. The number of nitrogens with two attached hydrogens (primary N) is 1. The minimum Gasteiger partial charge on any atom is -0.462 e. The van der Waals surface area contributed by atoms with Gasteiger partial charge >= 0.3 is 5.97 Å². The number of ether oxygens (including phenoxy) is 1. The van der Waals surface area contributed by atoms with Crippen LogP contribution in [0.4, 0.5) is 5.95 Å². The van der Waals surface area contributed by atoms with Crippen LogP contribution in [0, 0.1) is 6.92 Å². The van der Waals surface area contributed by atoms with E-state index >= 15 is 0 Å². The van der Waals surface area contributed by atoms with E-state index < -0.39 is 0 Å². The van der Waals surface area contributed by atoms with Crippen molar-refractivity contribution in [3.8, 4) is 0 Å². The van der Waals surface area contributed by atoms with Crippen LogP contribution in [-0.2, 0) is 4.74 Å². The zero-order valence-electron chi connectivity index (χ0n) is 11.4. The molecule has 1 aliphatic heterocycles. The molecule has 0 bridgehead atoms. The number of hydrogen-bond donors (Lipinski definition) is 1. The number of esters is 1. The summed E-state index contributed by atoms with van der Waals surface area (Å²) in [6.45, 7) is 5.65. The van der Waals surface area contributed by atoms with Gasteiger partial charge in [0.25, 0.3) is 0 Å². The summed E-state index contributed by atoms with van der Waals surface area (Å²) in [4.78, 5) is 22.4. The number of aryl methyl sites for hydroxylation is 1. The molecule has 0 radical (unpaired) electrons. The number of carbonyl (C=O) groups excluding carboxylic acids is 1. The number of carbonyl (C=O) groups is 1. The highest BCUT2D eigenvalue weighted by Gasteiger charge is 2.20. The van der Waals surface area contributed by atoms with E-state index in [0.29, 0.717) is 23.8 Å². The van der Waals surface area contributed by atoms with E-state index in [4.69, 9.17) is 10.5 Å². The maximum atomic E-state index is 11.7. The van der Waals surface area contributed by atoms with Gasteiger partial charge in [0.05, 0.1) is 17.9 Å². The largest absolute Gasteiger partial charge is 0.462 e. The van der Waals surface area contributed by atoms with E-state index in [0.717, 1.165) is 25.9 Å². The zero-order valence-corrected chi connectivity index (χ0v) is 11.4. The normalized spacial score (nSPS) is 16.5. The van der Waals surface area contributed by atoms with Crippen molar-refractivity contribution < 1.29 is 9.53 Å². The van der Waals surface area contributed by atoms with Crippen molar-refractivity contribution in [3.05, 3.63) is 17.5 Å². The number of nitrogens with zero attached hydrogens (tertiary/aromatic N) is 3. The molecule has 19 heavy (non-hydrogen) atoms. The molecule has 104 valence electrons. The summed E-state index contributed by atoms with van der Waals surface area (Å²) in [5, 5.41) is 0. The first-order chi connectivity index (χ1) is 9.11. The van der Waals surface area contributed by atoms with Crippen LogP contribution in [0.15, 0.2) is 6.20 Å². The summed E-state index contributed by atoms with van der Waals surface area (Å²) >= 11 is 0. The SMILES string of the molecule is CCOC(=O)c1cnc(N2CCC(N)CC2)nc1C. The minimum atomic E-state index is -0.368. The van der Waals surface area contributed by atoms with Gasteiger partial charge in [-0.1, -0.05) is 0 Å². The first kappa shape index (κ1) is 13.7. The van der Waals surface area contributed by atoms with Gasteiger partial charge in [-0.25, -0.2) is 14.8 Å². The molecule has 0 saturated carbocycles. The van der Waals surface area contributed by atoms with Crippen LogP contribution in [0.25, 0.3) is 0 Å². The fraction of sp³-hybridized carbons (Fsp3) is 0.615. The number of aromatic nitrogens is 2. The predicted octanol–water partition coefficient (Wildman–Crippen LogP) is 0.889. The van der Waals surface area contributed by atoms with Crippen LogP contribution in [0.2, 0.25) is 0 Å². The second-order valence-electron chi connectivity index (χ2n) is 4.71. The summed E-state index contributed by atoms with van der Waals surface area (Å²) < 4.78 is 4.96. The Morgan fingerprint density at radius 1 is 1.53 bits per heavy atom. The van der Waals surface area contributed by atoms with E-state index in [9.17, 15) is 4.79 Å². The number of piperidine rings is 1. The average molecular weight is 264 g/mol. The van der Waals surface area contributed by atoms with Gasteiger partial charge in [-0.3, -0.25) is 0 Å². The summed E-state index contributed by atoms with van der Waals surface area (Å²) in [6.07, 6.45) is 3.44. The van der Waals surface area contributed by atoms with E-state index in [1.165, 1.54) is 0 Å². The molecule has 2 rings (SSSR count). The van der Waals surface area contributed by atoms with Gasteiger partial charge in [0.2, 0.25) is 5.95 Å². The molecule has 0 spiro atoms. The molecular formula is C13H20N4O2. The van der Waals surface area contributed by atoms with Gasteiger partial charge in [-0.15, -0.1) is 0 Å². The minimum absolute atomic E-state index is 0.274. The summed E-state index contributed by atoms with van der Waals surface area (Å²) in [5.74, 6) is 0.296. The Kier molecular flexibility index (Phi) is 4.31. The topological polar surface area (TPSA) is 81.3 Å². The van der Waals surface area contributed by atoms with Gasteiger partial charge in [-0.05, 0) is 26.7 Å². The Morgan fingerprint density at radius 3 is 2.79 bits per heavy atom. The van der Waals surface area contributed by atoms with Crippen molar-refractivity contribution in [2.45, 2.75) is 32.7 Å². The van der Waals surface area contributed by atoms with Crippen molar-refractivity contribution in [1.29, 1.82) is 0 Å². The second-order valence-corrected chi connectivity index (χ2v) is 4.71. The Labute approximate surface area is 113 Å². The fourth-order valence-electron chi connectivity index (χ4n) is 2.12. The molecule has 1 aromatic rings. The van der Waals surface area contributed by atoms with E-state index in [-0.39, 0.29) is 12.0 Å². The molecule has 0 amide bonds. The van der Waals surface area contributed by atoms with Crippen LogP contribution >= 0.6 is 0 Å². The monoisotopic (exact) mass is 264 g/mol. The standard InChI is InChI=1S/C13H20N4O2/c1-3-19-12(18)11-8-15-13(16-9(11)2)17-6-4-10(14)5-7-17/h8,10H,3-7,14H2,1-2H3. The molecule has 1 aromatic heterocycles. The Balaban J connectivity index is 2.12. The van der Waals surface area contributed by atoms with E-state index in [1.54, 1.807) is 20.0 Å². The molecule has 1 fully saturated rings. The van der Waals surface area contributed by atoms with E-state index in [1.807, 2.05) is 0 Å². The third-order valence-corrected chi connectivity index (χ3v) is 3.28. The number of anilines is 1. The lowest BCUT2D eigenvalue weighted by Gasteiger charge is -2.30. The summed E-state index contributed by atoms with van der Waals surface area (Å²) in [6, 6.07) is 0.274. The fourth-order valence-corrected chi connectivity index (χ4v) is 2.12. The first-order valence-electron chi connectivity index (χ1n) is 6.63. The lowest BCUT2D eigenvalue weighted by molar-refractivity contribution is 0.0524. The highest BCUT2D eigenvalue weighted by atomic mass is 16.5. The Hall–Kier alpha value is -1.69. The number of hydrogen-bond acceptors (Lipinski definition) is 6. The first-order valence-corrected chi connectivity index (χ1v) is 6.63. The molecule has 1 aliphatic rings. The number of rotatable bonds is 3. The smallest absolute Gasteiger partial charge is 0.341 e. The third kappa shape index (κ3) is 3.20. The van der Waals surface area contributed by atoms with Crippen LogP contribution in [-0.4, -0.2) is 41.7 Å². The van der Waals surface area contributed by atoms with Crippen LogP contribution in [0.1, 0.15) is 35.8 Å². The Morgan fingerprint density at radius 2 is 2.21 bits per heavy atom. The molecule has 0 aromatic carbocycles. The van der Waals surface area contributed by atoms with Gasteiger partial charge in [-0.2, -0.15) is 0 Å².